The van der Waals surface area contributed by atoms with Crippen LogP contribution in [0.1, 0.15) is 22.3 Å². The van der Waals surface area contributed by atoms with E-state index in [0.717, 1.165) is 32.7 Å². The Kier molecular flexibility index (Phi) is 4.49. The standard InChI is InChI=1S/C20H26N2/c1-16-8-9-18(3)20(14-16)22-12-10-21(11-13-22)15-19-7-5-4-6-17(19)2/h4-9,14H,10-13,15H2,1-3H3. The van der Waals surface area contributed by atoms with Crippen molar-refractivity contribution < 1.29 is 0 Å². The predicted octanol–water partition coefficient (Wildman–Crippen LogP) is 3.93. The maximum absolute atomic E-state index is 2.57. The molecule has 0 N–H and O–H groups in total. The van der Waals surface area contributed by atoms with E-state index < -0.39 is 0 Å². The van der Waals surface area contributed by atoms with E-state index in [2.05, 4.69) is 73.0 Å². The van der Waals surface area contributed by atoms with E-state index in [1.54, 1.807) is 0 Å². The van der Waals surface area contributed by atoms with E-state index in [9.17, 15) is 0 Å². The van der Waals surface area contributed by atoms with Crippen molar-refractivity contribution in [3.8, 4) is 0 Å². The summed E-state index contributed by atoms with van der Waals surface area (Å²) >= 11 is 0. The average Bonchev–Trinajstić information content (AvgIpc) is 2.53. The fourth-order valence-corrected chi connectivity index (χ4v) is 3.24. The van der Waals surface area contributed by atoms with E-state index in [1.165, 1.54) is 27.9 Å². The van der Waals surface area contributed by atoms with Crippen molar-refractivity contribution in [2.24, 2.45) is 0 Å². The van der Waals surface area contributed by atoms with Gasteiger partial charge in [-0.1, -0.05) is 36.4 Å². The van der Waals surface area contributed by atoms with Gasteiger partial charge < -0.3 is 4.90 Å². The Morgan fingerprint density at radius 1 is 0.818 bits per heavy atom. The van der Waals surface area contributed by atoms with Crippen LogP contribution >= 0.6 is 0 Å². The Labute approximate surface area is 134 Å². The van der Waals surface area contributed by atoms with Crippen LogP contribution in [0.2, 0.25) is 0 Å². The largest absolute Gasteiger partial charge is 0.369 e. The van der Waals surface area contributed by atoms with Gasteiger partial charge in [0.15, 0.2) is 0 Å². The highest BCUT2D eigenvalue weighted by atomic mass is 15.3. The van der Waals surface area contributed by atoms with E-state index in [0.29, 0.717) is 0 Å². The summed E-state index contributed by atoms with van der Waals surface area (Å²) in [6.45, 7) is 12.2. The van der Waals surface area contributed by atoms with Gasteiger partial charge in [-0.2, -0.15) is 0 Å². The first-order valence-electron chi connectivity index (χ1n) is 8.22. The van der Waals surface area contributed by atoms with Crippen molar-refractivity contribution in [2.45, 2.75) is 27.3 Å². The van der Waals surface area contributed by atoms with Crippen LogP contribution in [0.3, 0.4) is 0 Å². The Balaban J connectivity index is 1.63. The monoisotopic (exact) mass is 294 g/mol. The van der Waals surface area contributed by atoms with Gasteiger partial charge >= 0.3 is 0 Å². The van der Waals surface area contributed by atoms with Gasteiger partial charge in [-0.25, -0.2) is 0 Å². The zero-order valence-corrected chi connectivity index (χ0v) is 14.0. The van der Waals surface area contributed by atoms with Gasteiger partial charge in [-0.05, 0) is 49.1 Å². The second kappa shape index (κ2) is 6.53. The molecule has 1 saturated heterocycles. The topological polar surface area (TPSA) is 6.48 Å². The lowest BCUT2D eigenvalue weighted by Gasteiger charge is -2.37. The van der Waals surface area contributed by atoms with Crippen LogP contribution in [0.4, 0.5) is 5.69 Å². The molecule has 1 fully saturated rings. The van der Waals surface area contributed by atoms with Crippen LogP contribution in [-0.2, 0) is 6.54 Å². The average molecular weight is 294 g/mol. The number of benzene rings is 2. The number of anilines is 1. The van der Waals surface area contributed by atoms with Gasteiger partial charge in [-0.15, -0.1) is 0 Å². The molecule has 0 bridgehead atoms. The maximum Gasteiger partial charge on any atom is 0.0399 e. The molecule has 2 heteroatoms. The summed E-state index contributed by atoms with van der Waals surface area (Å²) in [5.41, 5.74) is 7.01. The molecule has 0 saturated carbocycles. The molecule has 0 atom stereocenters. The van der Waals surface area contributed by atoms with Gasteiger partial charge in [-0.3, -0.25) is 4.90 Å². The first-order valence-corrected chi connectivity index (χ1v) is 8.22. The SMILES string of the molecule is Cc1ccc(C)c(N2CCN(Cc3ccccc3C)CC2)c1. The van der Waals surface area contributed by atoms with Crippen LogP contribution in [0, 0.1) is 20.8 Å². The summed E-state index contributed by atoms with van der Waals surface area (Å²) in [6, 6.07) is 15.5. The van der Waals surface area contributed by atoms with Gasteiger partial charge in [0.2, 0.25) is 0 Å². The highest BCUT2D eigenvalue weighted by Gasteiger charge is 2.18. The molecular weight excluding hydrogens is 268 g/mol. The van der Waals surface area contributed by atoms with Gasteiger partial charge in [0.05, 0.1) is 0 Å². The number of aryl methyl sites for hydroxylation is 3. The van der Waals surface area contributed by atoms with Gasteiger partial charge in [0.1, 0.15) is 0 Å². The van der Waals surface area contributed by atoms with E-state index in [4.69, 9.17) is 0 Å². The minimum atomic E-state index is 1.08. The van der Waals surface area contributed by atoms with E-state index >= 15 is 0 Å². The molecule has 0 radical (unpaired) electrons. The lowest BCUT2D eigenvalue weighted by Crippen LogP contribution is -2.46. The summed E-state index contributed by atoms with van der Waals surface area (Å²) in [4.78, 5) is 5.11. The highest BCUT2D eigenvalue weighted by molar-refractivity contribution is 5.55. The molecule has 22 heavy (non-hydrogen) atoms. The summed E-state index contributed by atoms with van der Waals surface area (Å²) in [5.74, 6) is 0. The quantitative estimate of drug-likeness (QED) is 0.846. The fraction of sp³-hybridized carbons (Fsp3) is 0.400. The predicted molar refractivity (Wildman–Crippen MR) is 94.6 cm³/mol. The van der Waals surface area contributed by atoms with Crippen molar-refractivity contribution in [3.63, 3.8) is 0 Å². The fourth-order valence-electron chi connectivity index (χ4n) is 3.24. The lowest BCUT2D eigenvalue weighted by atomic mass is 10.1. The van der Waals surface area contributed by atoms with Gasteiger partial charge in [0.25, 0.3) is 0 Å². The van der Waals surface area contributed by atoms with Crippen molar-refractivity contribution in [1.29, 1.82) is 0 Å². The molecule has 2 aromatic carbocycles. The molecule has 2 aromatic rings. The Bertz CT molecular complexity index is 640. The number of nitrogens with zero attached hydrogens (tertiary/aromatic N) is 2. The molecule has 0 aliphatic carbocycles. The smallest absolute Gasteiger partial charge is 0.0399 e. The third kappa shape index (κ3) is 3.33. The summed E-state index contributed by atoms with van der Waals surface area (Å²) < 4.78 is 0. The third-order valence-electron chi connectivity index (χ3n) is 4.73. The third-order valence-corrected chi connectivity index (χ3v) is 4.73. The minimum Gasteiger partial charge on any atom is -0.369 e. The van der Waals surface area contributed by atoms with Crippen LogP contribution in [0.25, 0.3) is 0 Å². The number of hydrogen-bond donors (Lipinski definition) is 0. The second-order valence-corrected chi connectivity index (χ2v) is 6.48. The molecule has 3 rings (SSSR count). The van der Waals surface area contributed by atoms with Crippen LogP contribution < -0.4 is 4.90 Å². The molecule has 116 valence electrons. The number of hydrogen-bond acceptors (Lipinski definition) is 2. The molecule has 0 unspecified atom stereocenters. The summed E-state index contributed by atoms with van der Waals surface area (Å²) in [5, 5.41) is 0. The first-order chi connectivity index (χ1) is 10.6. The molecule has 0 aromatic heterocycles. The Morgan fingerprint density at radius 2 is 1.55 bits per heavy atom. The van der Waals surface area contributed by atoms with Gasteiger partial charge in [0, 0.05) is 38.4 Å². The molecule has 1 heterocycles. The summed E-state index contributed by atoms with van der Waals surface area (Å²) in [7, 11) is 0. The maximum atomic E-state index is 2.57. The number of piperazine rings is 1. The molecule has 2 nitrogen and oxygen atoms in total. The van der Waals surface area contributed by atoms with E-state index in [1.807, 2.05) is 0 Å². The lowest BCUT2D eigenvalue weighted by molar-refractivity contribution is 0.249. The second-order valence-electron chi connectivity index (χ2n) is 6.48. The molecular formula is C20H26N2. The highest BCUT2D eigenvalue weighted by Crippen LogP contribution is 2.23. The van der Waals surface area contributed by atoms with Crippen molar-refractivity contribution >= 4 is 5.69 Å². The van der Waals surface area contributed by atoms with Crippen LogP contribution in [0.15, 0.2) is 42.5 Å². The Morgan fingerprint density at radius 3 is 2.27 bits per heavy atom. The Hall–Kier alpha value is -1.80. The molecule has 1 aliphatic rings. The van der Waals surface area contributed by atoms with Crippen molar-refractivity contribution in [3.05, 3.63) is 64.7 Å². The molecule has 0 spiro atoms. The van der Waals surface area contributed by atoms with Crippen molar-refractivity contribution in [2.75, 3.05) is 31.1 Å². The first kappa shape index (κ1) is 15.1. The zero-order chi connectivity index (χ0) is 15.5. The zero-order valence-electron chi connectivity index (χ0n) is 14.0. The van der Waals surface area contributed by atoms with E-state index in [-0.39, 0.29) is 0 Å². The number of rotatable bonds is 3. The van der Waals surface area contributed by atoms with Crippen LogP contribution in [0.5, 0.6) is 0 Å². The molecule has 1 aliphatic heterocycles. The van der Waals surface area contributed by atoms with Crippen molar-refractivity contribution in [1.82, 2.24) is 4.90 Å². The van der Waals surface area contributed by atoms with Crippen LogP contribution in [-0.4, -0.2) is 31.1 Å². The summed E-state index contributed by atoms with van der Waals surface area (Å²) in [6.07, 6.45) is 0. The minimum absolute atomic E-state index is 1.08. The normalized spacial score (nSPS) is 16.0. The molecule has 0 amide bonds.